The van der Waals surface area contributed by atoms with Gasteiger partial charge in [0.1, 0.15) is 23.0 Å². The molecule has 0 bridgehead atoms. The molecule has 0 heterocycles. The zero-order chi connectivity index (χ0) is 22.4. The van der Waals surface area contributed by atoms with Crippen molar-refractivity contribution in [2.75, 3.05) is 13.2 Å². The lowest BCUT2D eigenvalue weighted by atomic mass is 9.83. The van der Waals surface area contributed by atoms with Crippen molar-refractivity contribution in [1.29, 1.82) is 0 Å². The van der Waals surface area contributed by atoms with Crippen LogP contribution in [0.1, 0.15) is 52.7 Å². The third-order valence-corrected chi connectivity index (χ3v) is 5.18. The summed E-state index contributed by atoms with van der Waals surface area (Å²) in [5.41, 5.74) is 0.0658. The van der Waals surface area contributed by atoms with Crippen molar-refractivity contribution in [2.24, 2.45) is 9.98 Å². The van der Waals surface area contributed by atoms with Gasteiger partial charge in [-0.3, -0.25) is 9.98 Å². The first-order chi connectivity index (χ1) is 14.1. The number of ether oxygens (including phenoxy) is 2. The molecule has 0 radical (unpaired) electrons. The third kappa shape index (κ3) is 5.75. The fourth-order valence-electron chi connectivity index (χ4n) is 2.56. The van der Waals surface area contributed by atoms with Crippen molar-refractivity contribution in [3.05, 3.63) is 47.5 Å². The van der Waals surface area contributed by atoms with E-state index in [1.807, 2.05) is 41.5 Å². The number of nitrogens with zero attached hydrogens (tertiary/aromatic N) is 2. The Balaban J connectivity index is 2.19. The lowest BCUT2D eigenvalue weighted by Crippen LogP contribution is -2.42. The van der Waals surface area contributed by atoms with Crippen LogP contribution in [0, 0.1) is 0 Å². The van der Waals surface area contributed by atoms with Crippen LogP contribution in [0.4, 0.5) is 0 Å². The minimum Gasteiger partial charge on any atom is -0.507 e. The molecule has 0 fully saturated rings. The second kappa shape index (κ2) is 9.65. The van der Waals surface area contributed by atoms with Gasteiger partial charge in [0.2, 0.25) is 0 Å². The van der Waals surface area contributed by atoms with Crippen LogP contribution < -0.4 is 9.47 Å². The minimum atomic E-state index is -0.574. The van der Waals surface area contributed by atoms with Crippen molar-refractivity contribution in [2.45, 2.75) is 52.6 Å². The average molecular weight is 413 g/mol. The molecule has 0 aliphatic carbocycles. The molecule has 0 aliphatic heterocycles. The summed E-state index contributed by atoms with van der Waals surface area (Å²) in [6.45, 7) is 12.8. The van der Waals surface area contributed by atoms with Crippen molar-refractivity contribution in [3.63, 3.8) is 0 Å². The number of rotatable bonds is 9. The molecule has 30 heavy (non-hydrogen) atoms. The number of hydrogen-bond donors (Lipinski definition) is 2. The lowest BCUT2D eigenvalue weighted by molar-refractivity contribution is 0.317. The molecule has 0 saturated heterocycles. The Morgan fingerprint density at radius 1 is 0.733 bits per heavy atom. The molecule has 0 amide bonds. The van der Waals surface area contributed by atoms with Crippen molar-refractivity contribution < 1.29 is 19.7 Å². The third-order valence-electron chi connectivity index (χ3n) is 5.18. The van der Waals surface area contributed by atoms with Crippen molar-refractivity contribution in [3.8, 4) is 23.0 Å². The predicted octanol–water partition coefficient (Wildman–Crippen LogP) is 4.99. The van der Waals surface area contributed by atoms with E-state index in [9.17, 15) is 10.2 Å². The highest BCUT2D eigenvalue weighted by atomic mass is 16.5. The summed E-state index contributed by atoms with van der Waals surface area (Å²) >= 11 is 0. The van der Waals surface area contributed by atoms with Gasteiger partial charge in [-0.25, -0.2) is 0 Å². The van der Waals surface area contributed by atoms with Crippen LogP contribution in [0.15, 0.2) is 46.4 Å². The molecule has 0 spiro atoms. The van der Waals surface area contributed by atoms with Gasteiger partial charge in [0.15, 0.2) is 0 Å². The zero-order valence-electron chi connectivity index (χ0n) is 18.6. The van der Waals surface area contributed by atoms with E-state index in [0.29, 0.717) is 35.8 Å². The molecule has 0 saturated carbocycles. The molecule has 0 unspecified atom stereocenters. The van der Waals surface area contributed by atoms with E-state index in [1.54, 1.807) is 48.8 Å². The minimum absolute atomic E-state index is 0.112. The Kier molecular flexibility index (Phi) is 7.48. The molecule has 6 nitrogen and oxygen atoms in total. The maximum absolute atomic E-state index is 10.2. The van der Waals surface area contributed by atoms with E-state index in [4.69, 9.17) is 9.47 Å². The molecule has 2 aromatic carbocycles. The highest BCUT2D eigenvalue weighted by Crippen LogP contribution is 2.31. The first kappa shape index (κ1) is 23.3. The average Bonchev–Trinajstić information content (AvgIpc) is 2.67. The normalized spacial score (nSPS) is 12.6. The summed E-state index contributed by atoms with van der Waals surface area (Å²) in [7, 11) is 0. The van der Waals surface area contributed by atoms with E-state index in [2.05, 4.69) is 9.98 Å². The van der Waals surface area contributed by atoms with Crippen LogP contribution in [0.3, 0.4) is 0 Å². The van der Waals surface area contributed by atoms with E-state index in [-0.39, 0.29) is 11.5 Å². The van der Waals surface area contributed by atoms with Gasteiger partial charge in [-0.05, 0) is 65.8 Å². The van der Waals surface area contributed by atoms with Gasteiger partial charge in [-0.1, -0.05) is 0 Å². The molecule has 2 rings (SSSR count). The second-order valence-electron chi connectivity index (χ2n) is 7.94. The van der Waals surface area contributed by atoms with Gasteiger partial charge >= 0.3 is 0 Å². The summed E-state index contributed by atoms with van der Waals surface area (Å²) in [5, 5.41) is 20.4. The highest BCUT2D eigenvalue weighted by Gasteiger charge is 2.35. The van der Waals surface area contributed by atoms with Crippen LogP contribution in [-0.2, 0) is 0 Å². The molecule has 0 atom stereocenters. The highest BCUT2D eigenvalue weighted by molar-refractivity contribution is 5.85. The number of benzene rings is 2. The Bertz CT molecular complexity index is 842. The first-order valence-electron chi connectivity index (χ1n) is 10.1. The first-order valence-corrected chi connectivity index (χ1v) is 10.1. The summed E-state index contributed by atoms with van der Waals surface area (Å²) in [6.07, 6.45) is 3.30. The fourth-order valence-corrected chi connectivity index (χ4v) is 2.56. The Morgan fingerprint density at radius 3 is 1.40 bits per heavy atom. The maximum atomic E-state index is 10.2. The van der Waals surface area contributed by atoms with Gasteiger partial charge < -0.3 is 19.7 Å². The number of aromatic hydroxyl groups is 2. The summed E-state index contributed by atoms with van der Waals surface area (Å²) < 4.78 is 10.8. The second-order valence-corrected chi connectivity index (χ2v) is 7.94. The number of aliphatic imine (C=N–C) groups is 2. The molecule has 0 aromatic heterocycles. The van der Waals surface area contributed by atoms with Crippen LogP contribution in [0.25, 0.3) is 0 Å². The maximum Gasteiger partial charge on any atom is 0.128 e. The zero-order valence-corrected chi connectivity index (χ0v) is 18.6. The summed E-state index contributed by atoms with van der Waals surface area (Å²) in [6, 6.07) is 10.3. The predicted molar refractivity (Wildman–Crippen MR) is 122 cm³/mol. The van der Waals surface area contributed by atoms with Crippen molar-refractivity contribution >= 4 is 12.4 Å². The fraction of sp³-hybridized carbons (Fsp3) is 0.417. The summed E-state index contributed by atoms with van der Waals surface area (Å²) in [4.78, 5) is 9.37. The molecule has 0 aliphatic rings. The summed E-state index contributed by atoms with van der Waals surface area (Å²) in [5.74, 6) is 1.46. The monoisotopic (exact) mass is 412 g/mol. The molecular formula is C24H32N2O4. The largest absolute Gasteiger partial charge is 0.507 e. The topological polar surface area (TPSA) is 83.6 Å². The Hall–Kier alpha value is -3.02. The molecular weight excluding hydrogens is 380 g/mol. The van der Waals surface area contributed by atoms with Gasteiger partial charge in [-0.2, -0.15) is 0 Å². The SMILES string of the molecule is CCOc1ccc(C=NC(C)(C)C(C)(C)N=Cc2ccc(OCC)cc2O)c(O)c1. The molecule has 2 N–H and O–H groups in total. The van der Waals surface area contributed by atoms with Crippen LogP contribution in [-0.4, -0.2) is 46.9 Å². The Labute approximate surface area is 178 Å². The van der Waals surface area contributed by atoms with E-state index in [0.717, 1.165) is 0 Å². The number of phenolic OH excluding ortho intramolecular Hbond substituents is 2. The van der Waals surface area contributed by atoms with E-state index >= 15 is 0 Å². The standard InChI is InChI=1S/C24H32N2O4/c1-7-29-19-11-9-17(21(27)13-19)15-25-23(3,4)24(5,6)26-16-18-10-12-20(30-8-2)14-22(18)28/h9-16,27-28H,7-8H2,1-6H3. The number of phenols is 2. The molecule has 6 heteroatoms. The molecule has 162 valence electrons. The van der Waals surface area contributed by atoms with E-state index < -0.39 is 11.1 Å². The van der Waals surface area contributed by atoms with Gasteiger partial charge in [0.05, 0.1) is 24.3 Å². The molecule has 2 aromatic rings. The lowest BCUT2D eigenvalue weighted by Gasteiger charge is -2.35. The number of hydrogen-bond acceptors (Lipinski definition) is 6. The van der Waals surface area contributed by atoms with Crippen LogP contribution in [0.2, 0.25) is 0 Å². The van der Waals surface area contributed by atoms with Crippen LogP contribution in [0.5, 0.6) is 23.0 Å². The van der Waals surface area contributed by atoms with E-state index in [1.165, 1.54) is 0 Å². The van der Waals surface area contributed by atoms with Crippen molar-refractivity contribution in [1.82, 2.24) is 0 Å². The Morgan fingerprint density at radius 2 is 1.10 bits per heavy atom. The van der Waals surface area contributed by atoms with Crippen LogP contribution >= 0.6 is 0 Å². The quantitative estimate of drug-likeness (QED) is 0.568. The smallest absolute Gasteiger partial charge is 0.128 e. The van der Waals surface area contributed by atoms with Gasteiger partial charge in [0.25, 0.3) is 0 Å². The van der Waals surface area contributed by atoms with Gasteiger partial charge in [0, 0.05) is 35.7 Å². The van der Waals surface area contributed by atoms with Gasteiger partial charge in [-0.15, -0.1) is 0 Å².